The molecule has 1 aromatic rings. The number of hydrogen-bond acceptors (Lipinski definition) is 2. The summed E-state index contributed by atoms with van der Waals surface area (Å²) < 4.78 is 31.8. The number of benzene rings is 1. The van der Waals surface area contributed by atoms with E-state index in [1.807, 2.05) is 6.07 Å². The molecular weight excluding hydrogens is 336 g/mol. The molecule has 3 nitrogen and oxygen atoms in total. The van der Waals surface area contributed by atoms with Crippen LogP contribution in [0.1, 0.15) is 76.7 Å². The Hall–Kier alpha value is 0.390. The first kappa shape index (κ1) is 23.4. The van der Waals surface area contributed by atoms with E-state index >= 15 is 0 Å². The summed E-state index contributed by atoms with van der Waals surface area (Å²) in [5.74, 6) is 0. The van der Waals surface area contributed by atoms with Gasteiger partial charge in [0.2, 0.25) is 0 Å². The Balaban J connectivity index is 0.00000484. The van der Waals surface area contributed by atoms with E-state index < -0.39 is 10.1 Å². The second-order valence-corrected chi connectivity index (χ2v) is 7.40. The molecule has 1 rings (SSSR count). The van der Waals surface area contributed by atoms with E-state index in [0.717, 1.165) is 18.4 Å². The minimum atomic E-state index is -4.10. The monoisotopic (exact) mass is 366 g/mol. The van der Waals surface area contributed by atoms with Crippen molar-refractivity contribution in [2.24, 2.45) is 0 Å². The van der Waals surface area contributed by atoms with Gasteiger partial charge in [-0.05, 0) is 24.5 Å². The fourth-order valence-electron chi connectivity index (χ4n) is 2.76. The van der Waals surface area contributed by atoms with Gasteiger partial charge in [0, 0.05) is 37.7 Å². The zero-order chi connectivity index (χ0) is 16.3. The Morgan fingerprint density at radius 2 is 1.30 bits per heavy atom. The fourth-order valence-corrected chi connectivity index (χ4v) is 3.52. The van der Waals surface area contributed by atoms with Gasteiger partial charge in [0.25, 0.3) is 10.1 Å². The van der Waals surface area contributed by atoms with Crippen LogP contribution < -0.4 is 0 Å². The van der Waals surface area contributed by atoms with Crippen molar-refractivity contribution in [1.29, 1.82) is 0 Å². The SMILES string of the molecule is CCCCCCCCCCCCc1ccccc1S(=O)(=O)O.[Ca]. The largest absolute Gasteiger partial charge is 0.294 e. The summed E-state index contributed by atoms with van der Waals surface area (Å²) in [6.45, 7) is 2.24. The van der Waals surface area contributed by atoms with Gasteiger partial charge in [0.15, 0.2) is 0 Å². The van der Waals surface area contributed by atoms with Gasteiger partial charge in [-0.2, -0.15) is 8.42 Å². The first-order chi connectivity index (χ1) is 10.6. The van der Waals surface area contributed by atoms with Crippen molar-refractivity contribution in [1.82, 2.24) is 0 Å². The summed E-state index contributed by atoms with van der Waals surface area (Å²) in [4.78, 5) is 0.0610. The molecule has 1 aromatic carbocycles. The first-order valence-corrected chi connectivity index (χ1v) is 10.0. The molecule has 1 N–H and O–H groups in total. The molecule has 0 amide bonds. The van der Waals surface area contributed by atoms with Gasteiger partial charge in [0.05, 0.1) is 4.90 Å². The summed E-state index contributed by atoms with van der Waals surface area (Å²) in [6.07, 6.45) is 13.3. The van der Waals surface area contributed by atoms with Crippen molar-refractivity contribution >= 4 is 47.9 Å². The molecule has 2 radical (unpaired) electrons. The first-order valence-electron chi connectivity index (χ1n) is 8.61. The smallest absolute Gasteiger partial charge is 0.282 e. The Bertz CT molecular complexity index is 515. The molecule has 0 unspecified atom stereocenters. The minimum absolute atomic E-state index is 0. The zero-order valence-corrected chi connectivity index (χ0v) is 17.5. The summed E-state index contributed by atoms with van der Waals surface area (Å²) in [5, 5.41) is 0. The van der Waals surface area contributed by atoms with E-state index in [1.54, 1.807) is 12.1 Å². The van der Waals surface area contributed by atoms with Crippen molar-refractivity contribution in [3.05, 3.63) is 29.8 Å². The Morgan fingerprint density at radius 1 is 0.826 bits per heavy atom. The number of hydrogen-bond donors (Lipinski definition) is 1. The van der Waals surface area contributed by atoms with E-state index in [0.29, 0.717) is 6.42 Å². The van der Waals surface area contributed by atoms with Crippen LogP contribution in [0.5, 0.6) is 0 Å². The molecule has 0 saturated heterocycles. The Kier molecular flexibility index (Phi) is 13.9. The normalized spacial score (nSPS) is 11.2. The second kappa shape index (κ2) is 13.7. The Morgan fingerprint density at radius 3 is 1.83 bits per heavy atom. The van der Waals surface area contributed by atoms with Gasteiger partial charge >= 0.3 is 0 Å². The van der Waals surface area contributed by atoms with Crippen molar-refractivity contribution < 1.29 is 13.0 Å². The van der Waals surface area contributed by atoms with Crippen LogP contribution in [0, 0.1) is 0 Å². The predicted molar refractivity (Wildman–Crippen MR) is 97.6 cm³/mol. The Labute approximate surface area is 172 Å². The molecule has 0 aliphatic carbocycles. The molecule has 0 saturated carbocycles. The quantitative estimate of drug-likeness (QED) is 0.321. The van der Waals surface area contributed by atoms with Gasteiger partial charge in [-0.1, -0.05) is 82.9 Å². The number of rotatable bonds is 12. The van der Waals surface area contributed by atoms with Crippen LogP contribution >= 0.6 is 0 Å². The van der Waals surface area contributed by atoms with E-state index in [9.17, 15) is 13.0 Å². The average molecular weight is 367 g/mol. The molecule has 5 heteroatoms. The zero-order valence-electron chi connectivity index (χ0n) is 14.5. The maximum Gasteiger partial charge on any atom is 0.294 e. The van der Waals surface area contributed by atoms with Crippen LogP contribution in [-0.4, -0.2) is 50.7 Å². The molecule has 0 spiro atoms. The minimum Gasteiger partial charge on any atom is -0.282 e. The third kappa shape index (κ3) is 10.8. The predicted octanol–water partition coefficient (Wildman–Crippen LogP) is 5.02. The average Bonchev–Trinajstić information content (AvgIpc) is 2.48. The molecule has 0 aliphatic heterocycles. The number of unbranched alkanes of at least 4 members (excludes halogenated alkanes) is 9. The van der Waals surface area contributed by atoms with E-state index in [2.05, 4.69) is 6.92 Å². The van der Waals surface area contributed by atoms with Crippen molar-refractivity contribution in [2.45, 2.75) is 82.4 Å². The van der Waals surface area contributed by atoms with Crippen LogP contribution in [0.15, 0.2) is 29.2 Å². The molecule has 0 atom stereocenters. The van der Waals surface area contributed by atoms with Gasteiger partial charge in [0.1, 0.15) is 0 Å². The molecule has 0 fully saturated rings. The van der Waals surface area contributed by atoms with E-state index in [-0.39, 0.29) is 42.6 Å². The maximum atomic E-state index is 11.3. The van der Waals surface area contributed by atoms with Gasteiger partial charge < -0.3 is 0 Å². The van der Waals surface area contributed by atoms with Gasteiger partial charge in [-0.3, -0.25) is 4.55 Å². The molecule has 0 aliphatic rings. The molecule has 0 heterocycles. The van der Waals surface area contributed by atoms with Crippen LogP contribution in [0.25, 0.3) is 0 Å². The van der Waals surface area contributed by atoms with Crippen LogP contribution in [-0.2, 0) is 16.5 Å². The molecular formula is C18H30CaO3S. The third-order valence-electron chi connectivity index (χ3n) is 4.05. The maximum absolute atomic E-state index is 11.3. The number of aryl methyl sites for hydroxylation is 1. The van der Waals surface area contributed by atoms with E-state index in [1.165, 1.54) is 57.4 Å². The second-order valence-electron chi connectivity index (χ2n) is 6.01. The van der Waals surface area contributed by atoms with Gasteiger partial charge in [-0.25, -0.2) is 0 Å². The van der Waals surface area contributed by atoms with Crippen molar-refractivity contribution in [3.63, 3.8) is 0 Å². The summed E-state index contributed by atoms with van der Waals surface area (Å²) >= 11 is 0. The standard InChI is InChI=1S/C18H30O3S.Ca/c1-2-3-4-5-6-7-8-9-10-11-14-17-15-12-13-16-18(17)22(19,20)21;/h12-13,15-16H,2-11,14H2,1H3,(H,19,20,21);. The molecule has 23 heavy (non-hydrogen) atoms. The van der Waals surface area contributed by atoms with Crippen LogP contribution in [0.4, 0.5) is 0 Å². The van der Waals surface area contributed by atoms with Crippen LogP contribution in [0.3, 0.4) is 0 Å². The van der Waals surface area contributed by atoms with Gasteiger partial charge in [-0.15, -0.1) is 0 Å². The van der Waals surface area contributed by atoms with Crippen molar-refractivity contribution in [3.8, 4) is 0 Å². The third-order valence-corrected chi connectivity index (χ3v) is 5.00. The fraction of sp³-hybridized carbons (Fsp3) is 0.667. The van der Waals surface area contributed by atoms with Crippen molar-refractivity contribution in [2.75, 3.05) is 0 Å². The molecule has 0 aromatic heterocycles. The summed E-state index contributed by atoms with van der Waals surface area (Å²) in [7, 11) is -4.10. The topological polar surface area (TPSA) is 54.4 Å². The van der Waals surface area contributed by atoms with Crippen LogP contribution in [0.2, 0.25) is 0 Å². The molecule has 128 valence electrons. The molecule has 0 bridgehead atoms. The van der Waals surface area contributed by atoms with E-state index in [4.69, 9.17) is 0 Å². The summed E-state index contributed by atoms with van der Waals surface area (Å²) in [6, 6.07) is 6.73. The summed E-state index contributed by atoms with van der Waals surface area (Å²) in [5.41, 5.74) is 0.726.